The van der Waals surface area contributed by atoms with E-state index in [-0.39, 0.29) is 23.5 Å². The topological polar surface area (TPSA) is 41.6 Å². The van der Waals surface area contributed by atoms with E-state index < -0.39 is 0 Å². The van der Waals surface area contributed by atoms with Crippen molar-refractivity contribution < 1.29 is 13.9 Å². The summed E-state index contributed by atoms with van der Waals surface area (Å²) in [6.07, 6.45) is 0.794. The van der Waals surface area contributed by atoms with Crippen LogP contribution >= 0.6 is 0 Å². The molecule has 0 fully saturated rings. The van der Waals surface area contributed by atoms with Gasteiger partial charge in [-0.05, 0) is 24.1 Å². The first-order valence-electron chi connectivity index (χ1n) is 8.03. The van der Waals surface area contributed by atoms with Gasteiger partial charge in [0.1, 0.15) is 0 Å². The Morgan fingerprint density at radius 3 is 2.83 bits per heavy atom. The fraction of sp³-hybridized carbons (Fsp3) is 0.316. The molecule has 1 aliphatic heterocycles. The molecule has 24 heavy (non-hydrogen) atoms. The molecule has 2 aromatic carbocycles. The highest BCUT2D eigenvalue weighted by Gasteiger charge is 2.26. The summed E-state index contributed by atoms with van der Waals surface area (Å²) in [6.45, 7) is 2.64. The van der Waals surface area contributed by atoms with Crippen molar-refractivity contribution in [2.75, 3.05) is 18.6 Å². The van der Waals surface area contributed by atoms with Crippen LogP contribution in [-0.2, 0) is 11.3 Å². The first kappa shape index (κ1) is 16.5. The molecule has 0 aliphatic carbocycles. The monoisotopic (exact) mass is 328 g/mol. The Morgan fingerprint density at radius 2 is 2.08 bits per heavy atom. The van der Waals surface area contributed by atoms with Crippen LogP contribution in [0.25, 0.3) is 0 Å². The van der Waals surface area contributed by atoms with Gasteiger partial charge in [0.15, 0.2) is 11.6 Å². The van der Waals surface area contributed by atoms with E-state index in [1.807, 2.05) is 24.3 Å². The number of carbonyl (C=O) groups is 1. The van der Waals surface area contributed by atoms with Crippen LogP contribution in [0.1, 0.15) is 30.5 Å². The largest absolute Gasteiger partial charge is 0.494 e. The van der Waals surface area contributed by atoms with E-state index in [1.54, 1.807) is 30.0 Å². The molecule has 1 heterocycles. The lowest BCUT2D eigenvalue weighted by Crippen LogP contribution is -2.38. The van der Waals surface area contributed by atoms with E-state index in [2.05, 4.69) is 5.32 Å². The van der Waals surface area contributed by atoms with Crippen molar-refractivity contribution in [3.63, 3.8) is 0 Å². The number of rotatable bonds is 4. The second kappa shape index (κ2) is 7.01. The van der Waals surface area contributed by atoms with Crippen molar-refractivity contribution >= 4 is 11.6 Å². The second-order valence-electron chi connectivity index (χ2n) is 5.89. The Kier molecular flexibility index (Phi) is 4.81. The van der Waals surface area contributed by atoms with E-state index in [4.69, 9.17) is 4.74 Å². The van der Waals surface area contributed by atoms with Crippen LogP contribution in [0, 0.1) is 5.82 Å². The number of nitrogens with one attached hydrogen (secondary N) is 1. The van der Waals surface area contributed by atoms with Crippen molar-refractivity contribution in [3.05, 3.63) is 59.4 Å². The van der Waals surface area contributed by atoms with Crippen molar-refractivity contribution in [1.82, 2.24) is 5.32 Å². The molecule has 0 bridgehead atoms. The normalized spacial score (nSPS) is 16.6. The lowest BCUT2D eigenvalue weighted by atomic mass is 9.96. The quantitative estimate of drug-likeness (QED) is 0.935. The summed E-state index contributed by atoms with van der Waals surface area (Å²) >= 11 is 0. The molecule has 0 saturated carbocycles. The average molecular weight is 328 g/mol. The van der Waals surface area contributed by atoms with Gasteiger partial charge >= 0.3 is 0 Å². The third-order valence-electron chi connectivity index (χ3n) is 4.43. The minimum absolute atomic E-state index is 0.0414. The minimum Gasteiger partial charge on any atom is -0.494 e. The Labute approximate surface area is 141 Å². The number of halogens is 1. The number of anilines is 1. The third kappa shape index (κ3) is 3.12. The van der Waals surface area contributed by atoms with Crippen LogP contribution in [0.2, 0.25) is 0 Å². The molecule has 1 unspecified atom stereocenters. The van der Waals surface area contributed by atoms with E-state index in [1.165, 1.54) is 7.11 Å². The number of hydrogen-bond donors (Lipinski definition) is 1. The Morgan fingerprint density at radius 1 is 1.29 bits per heavy atom. The molecule has 126 valence electrons. The highest BCUT2D eigenvalue weighted by atomic mass is 19.1. The van der Waals surface area contributed by atoms with Crippen molar-refractivity contribution in [2.45, 2.75) is 25.9 Å². The molecule has 3 rings (SSSR count). The molecule has 4 nitrogen and oxygen atoms in total. The van der Waals surface area contributed by atoms with Crippen LogP contribution in [0.3, 0.4) is 0 Å². The molecule has 0 saturated heterocycles. The Balaban J connectivity index is 1.79. The number of hydrogen-bond acceptors (Lipinski definition) is 3. The highest BCUT2D eigenvalue weighted by Crippen LogP contribution is 2.34. The standard InChI is InChI=1S/C19H21FN2O2/c1-13(23)22-11-10-16(15-7-3-4-8-17(15)22)21-12-14-6-5-9-18(24-2)19(14)20/h3-9,16,21H,10-12H2,1-2H3. The van der Waals surface area contributed by atoms with Crippen molar-refractivity contribution in [3.8, 4) is 5.75 Å². The summed E-state index contributed by atoms with van der Waals surface area (Å²) in [7, 11) is 1.46. The number of ether oxygens (including phenoxy) is 1. The lowest BCUT2D eigenvalue weighted by Gasteiger charge is -2.34. The van der Waals surface area contributed by atoms with Gasteiger partial charge < -0.3 is 15.0 Å². The van der Waals surface area contributed by atoms with E-state index in [0.29, 0.717) is 18.7 Å². The maximum absolute atomic E-state index is 14.3. The van der Waals surface area contributed by atoms with E-state index in [9.17, 15) is 9.18 Å². The molecule has 5 heteroatoms. The van der Waals surface area contributed by atoms with Gasteiger partial charge in [-0.25, -0.2) is 4.39 Å². The van der Waals surface area contributed by atoms with Crippen LogP contribution in [0.5, 0.6) is 5.75 Å². The maximum atomic E-state index is 14.3. The van der Waals surface area contributed by atoms with Gasteiger partial charge in [0.05, 0.1) is 7.11 Å². The zero-order valence-electron chi connectivity index (χ0n) is 13.9. The van der Waals surface area contributed by atoms with Crippen molar-refractivity contribution in [1.29, 1.82) is 0 Å². The molecular weight excluding hydrogens is 307 g/mol. The van der Waals surface area contributed by atoms with Gasteiger partial charge in [0.25, 0.3) is 0 Å². The van der Waals surface area contributed by atoms with Crippen molar-refractivity contribution in [2.24, 2.45) is 0 Å². The summed E-state index contributed by atoms with van der Waals surface area (Å²) in [4.78, 5) is 13.6. The van der Waals surface area contributed by atoms with Gasteiger partial charge in [-0.2, -0.15) is 0 Å². The molecule has 1 aliphatic rings. The fourth-order valence-corrected chi connectivity index (χ4v) is 3.18. The lowest BCUT2D eigenvalue weighted by molar-refractivity contribution is -0.116. The van der Waals surface area contributed by atoms with E-state index >= 15 is 0 Å². The molecule has 1 atom stereocenters. The molecule has 1 N–H and O–H groups in total. The van der Waals surface area contributed by atoms with Crippen LogP contribution in [0.4, 0.5) is 10.1 Å². The molecule has 0 aromatic heterocycles. The number of amides is 1. The number of nitrogens with zero attached hydrogens (tertiary/aromatic N) is 1. The number of methoxy groups -OCH3 is 1. The van der Waals surface area contributed by atoms with Crippen LogP contribution in [0.15, 0.2) is 42.5 Å². The number of benzene rings is 2. The summed E-state index contributed by atoms with van der Waals surface area (Å²) in [6, 6.07) is 13.1. The summed E-state index contributed by atoms with van der Waals surface area (Å²) in [5.41, 5.74) is 2.57. The van der Waals surface area contributed by atoms with E-state index in [0.717, 1.165) is 17.7 Å². The number of fused-ring (bicyclic) bond motifs is 1. The van der Waals surface area contributed by atoms with Gasteiger partial charge in [0.2, 0.25) is 5.91 Å². The molecule has 2 aromatic rings. The maximum Gasteiger partial charge on any atom is 0.223 e. The smallest absolute Gasteiger partial charge is 0.223 e. The molecule has 0 radical (unpaired) electrons. The van der Waals surface area contributed by atoms with Gasteiger partial charge in [-0.15, -0.1) is 0 Å². The third-order valence-corrected chi connectivity index (χ3v) is 4.43. The minimum atomic E-state index is -0.332. The highest BCUT2D eigenvalue weighted by molar-refractivity contribution is 5.92. The molecule has 0 spiro atoms. The first-order chi connectivity index (χ1) is 11.6. The zero-order valence-corrected chi connectivity index (χ0v) is 13.9. The number of para-hydroxylation sites is 1. The SMILES string of the molecule is COc1cccc(CNC2CCN(C(C)=O)c3ccccc32)c1F. The fourth-order valence-electron chi connectivity index (χ4n) is 3.18. The van der Waals surface area contributed by atoms with Gasteiger partial charge in [-0.1, -0.05) is 30.3 Å². The Hall–Kier alpha value is -2.40. The van der Waals surface area contributed by atoms with Gasteiger partial charge in [-0.3, -0.25) is 4.79 Å². The zero-order chi connectivity index (χ0) is 17.1. The molecule has 1 amide bonds. The second-order valence-corrected chi connectivity index (χ2v) is 5.89. The Bertz CT molecular complexity index is 748. The van der Waals surface area contributed by atoms with Crippen LogP contribution in [-0.4, -0.2) is 19.6 Å². The van der Waals surface area contributed by atoms with Crippen LogP contribution < -0.4 is 15.0 Å². The predicted octanol–water partition coefficient (Wildman–Crippen LogP) is 3.42. The predicted molar refractivity (Wildman–Crippen MR) is 91.6 cm³/mol. The molecular formula is C19H21FN2O2. The average Bonchev–Trinajstić information content (AvgIpc) is 2.60. The van der Waals surface area contributed by atoms with Gasteiger partial charge in [0, 0.05) is 37.3 Å². The number of carbonyl (C=O) groups excluding carboxylic acids is 1. The summed E-state index contributed by atoms with van der Waals surface area (Å²) in [5, 5.41) is 3.41. The summed E-state index contributed by atoms with van der Waals surface area (Å²) < 4.78 is 19.3. The first-order valence-corrected chi connectivity index (χ1v) is 8.03. The summed E-state index contributed by atoms with van der Waals surface area (Å²) in [5.74, 6) is -0.0391.